The molecule has 3 atom stereocenters. The molecule has 1 amide bonds. The van der Waals surface area contributed by atoms with Crippen molar-refractivity contribution in [3.63, 3.8) is 0 Å². The average Bonchev–Trinajstić information content (AvgIpc) is 2.17. The summed E-state index contributed by atoms with van der Waals surface area (Å²) in [5.41, 5.74) is 0. The standard InChI is InChI=1S/C9H18NO3P/c1-4-8(3)6-9(10-7-11)14(12,13)5-2/h4,7-9H,1,5-6H2,2-3H3,(H,10,11)(H,12,13)/t8?,9-/m1/s1. The van der Waals surface area contributed by atoms with Crippen molar-refractivity contribution in [2.75, 3.05) is 6.16 Å². The van der Waals surface area contributed by atoms with Crippen LogP contribution >= 0.6 is 7.37 Å². The van der Waals surface area contributed by atoms with Crippen LogP contribution in [0.5, 0.6) is 0 Å². The van der Waals surface area contributed by atoms with Crippen LogP contribution in [0.2, 0.25) is 0 Å². The van der Waals surface area contributed by atoms with Crippen molar-refractivity contribution < 1.29 is 14.3 Å². The summed E-state index contributed by atoms with van der Waals surface area (Å²) < 4.78 is 11.6. The molecule has 0 heterocycles. The maximum atomic E-state index is 11.6. The van der Waals surface area contributed by atoms with E-state index in [1.165, 1.54) is 0 Å². The Labute approximate surface area is 84.9 Å². The van der Waals surface area contributed by atoms with E-state index < -0.39 is 13.2 Å². The van der Waals surface area contributed by atoms with Gasteiger partial charge in [0.1, 0.15) is 5.78 Å². The minimum absolute atomic E-state index is 0.111. The number of carbonyl (C=O) groups is 1. The van der Waals surface area contributed by atoms with Crippen molar-refractivity contribution in [3.05, 3.63) is 12.7 Å². The van der Waals surface area contributed by atoms with Crippen molar-refractivity contribution in [1.29, 1.82) is 0 Å². The Bertz CT molecular complexity index is 242. The smallest absolute Gasteiger partial charge is 0.221 e. The van der Waals surface area contributed by atoms with E-state index in [-0.39, 0.29) is 12.1 Å². The first kappa shape index (κ1) is 13.4. The number of carbonyl (C=O) groups excluding carboxylic acids is 1. The first-order chi connectivity index (χ1) is 6.47. The first-order valence-corrected chi connectivity index (χ1v) is 6.53. The van der Waals surface area contributed by atoms with Crippen LogP contribution in [0.4, 0.5) is 0 Å². The molecule has 4 nitrogen and oxygen atoms in total. The second-order valence-electron chi connectivity index (χ2n) is 3.32. The molecule has 0 saturated carbocycles. The third-order valence-corrected chi connectivity index (χ3v) is 4.44. The van der Waals surface area contributed by atoms with Crippen molar-refractivity contribution in [3.8, 4) is 0 Å². The number of hydrogen-bond donors (Lipinski definition) is 2. The Morgan fingerprint density at radius 3 is 2.57 bits per heavy atom. The lowest BCUT2D eigenvalue weighted by molar-refractivity contribution is -0.109. The molecule has 0 aromatic heterocycles. The fraction of sp³-hybridized carbons (Fsp3) is 0.667. The van der Waals surface area contributed by atoms with E-state index in [0.29, 0.717) is 12.8 Å². The minimum atomic E-state index is -3.26. The van der Waals surface area contributed by atoms with Gasteiger partial charge in [0.05, 0.1) is 0 Å². The van der Waals surface area contributed by atoms with E-state index in [2.05, 4.69) is 11.9 Å². The molecule has 2 N–H and O–H groups in total. The second-order valence-corrected chi connectivity index (χ2v) is 6.09. The molecular weight excluding hydrogens is 201 g/mol. The van der Waals surface area contributed by atoms with Gasteiger partial charge in [0.15, 0.2) is 0 Å². The quantitative estimate of drug-likeness (QED) is 0.388. The van der Waals surface area contributed by atoms with Crippen LogP contribution in [-0.4, -0.2) is 23.2 Å². The molecular formula is C9H18NO3P. The Balaban J connectivity index is 4.50. The zero-order valence-electron chi connectivity index (χ0n) is 8.64. The molecule has 0 spiro atoms. The molecule has 0 saturated heterocycles. The maximum absolute atomic E-state index is 11.6. The monoisotopic (exact) mass is 219 g/mol. The van der Waals surface area contributed by atoms with Gasteiger partial charge in [0, 0.05) is 6.16 Å². The van der Waals surface area contributed by atoms with Gasteiger partial charge in [0.2, 0.25) is 13.8 Å². The largest absolute Gasteiger partial charge is 0.347 e. The molecule has 0 radical (unpaired) electrons. The highest BCUT2D eigenvalue weighted by atomic mass is 31.2. The summed E-state index contributed by atoms with van der Waals surface area (Å²) >= 11 is 0. The van der Waals surface area contributed by atoms with Crippen LogP contribution in [0.1, 0.15) is 20.3 Å². The SMILES string of the molecule is C=CC(C)C[C@H](NC=O)P(=O)(O)CC. The van der Waals surface area contributed by atoms with Gasteiger partial charge < -0.3 is 10.2 Å². The first-order valence-electron chi connectivity index (χ1n) is 4.61. The van der Waals surface area contributed by atoms with E-state index in [4.69, 9.17) is 0 Å². The lowest BCUT2D eigenvalue weighted by Gasteiger charge is -2.23. The van der Waals surface area contributed by atoms with Gasteiger partial charge in [-0.05, 0) is 12.3 Å². The van der Waals surface area contributed by atoms with Crippen molar-refractivity contribution in [1.82, 2.24) is 5.32 Å². The van der Waals surface area contributed by atoms with Gasteiger partial charge >= 0.3 is 0 Å². The molecule has 0 fully saturated rings. The van der Waals surface area contributed by atoms with Crippen LogP contribution in [0.3, 0.4) is 0 Å². The molecule has 0 aliphatic heterocycles. The number of rotatable bonds is 7. The van der Waals surface area contributed by atoms with E-state index >= 15 is 0 Å². The molecule has 5 heteroatoms. The van der Waals surface area contributed by atoms with Crippen LogP contribution < -0.4 is 5.32 Å². The second kappa shape index (κ2) is 5.99. The van der Waals surface area contributed by atoms with Gasteiger partial charge in [-0.15, -0.1) is 6.58 Å². The van der Waals surface area contributed by atoms with Crippen molar-refractivity contribution in [2.45, 2.75) is 26.1 Å². The molecule has 0 bridgehead atoms. The molecule has 0 aromatic rings. The van der Waals surface area contributed by atoms with E-state index in [1.54, 1.807) is 13.0 Å². The van der Waals surface area contributed by atoms with E-state index in [9.17, 15) is 14.3 Å². The number of hydrogen-bond acceptors (Lipinski definition) is 2. The Morgan fingerprint density at radius 2 is 2.21 bits per heavy atom. The lowest BCUT2D eigenvalue weighted by atomic mass is 10.1. The molecule has 0 aromatic carbocycles. The number of allylic oxidation sites excluding steroid dienone is 1. The summed E-state index contributed by atoms with van der Waals surface area (Å²) in [5.74, 6) is -0.544. The Morgan fingerprint density at radius 1 is 1.64 bits per heavy atom. The summed E-state index contributed by atoms with van der Waals surface area (Å²) in [7, 11) is -3.26. The third kappa shape index (κ3) is 4.07. The van der Waals surface area contributed by atoms with Gasteiger partial charge in [-0.25, -0.2) is 0 Å². The molecule has 2 unspecified atom stereocenters. The zero-order valence-corrected chi connectivity index (χ0v) is 9.54. The zero-order chi connectivity index (χ0) is 11.2. The van der Waals surface area contributed by atoms with Crippen molar-refractivity contribution in [2.24, 2.45) is 5.92 Å². The topological polar surface area (TPSA) is 66.4 Å². The van der Waals surface area contributed by atoms with E-state index in [0.717, 1.165) is 0 Å². The van der Waals surface area contributed by atoms with Crippen LogP contribution in [-0.2, 0) is 9.36 Å². The fourth-order valence-corrected chi connectivity index (χ4v) is 2.49. The van der Waals surface area contributed by atoms with Gasteiger partial charge in [0.25, 0.3) is 0 Å². The summed E-state index contributed by atoms with van der Waals surface area (Å²) in [6.45, 7) is 7.12. The minimum Gasteiger partial charge on any atom is -0.347 e. The van der Waals surface area contributed by atoms with Gasteiger partial charge in [-0.2, -0.15) is 0 Å². The fourth-order valence-electron chi connectivity index (χ4n) is 1.10. The van der Waals surface area contributed by atoms with Crippen LogP contribution in [0, 0.1) is 5.92 Å². The van der Waals surface area contributed by atoms with Gasteiger partial charge in [-0.3, -0.25) is 9.36 Å². The Kier molecular flexibility index (Phi) is 5.73. The molecule has 82 valence electrons. The van der Waals surface area contributed by atoms with E-state index in [1.807, 2.05) is 6.92 Å². The predicted octanol–water partition coefficient (Wildman–Crippen LogP) is 1.56. The third-order valence-electron chi connectivity index (χ3n) is 2.20. The Hall–Kier alpha value is -0.600. The predicted molar refractivity (Wildman–Crippen MR) is 57.3 cm³/mol. The van der Waals surface area contributed by atoms with Crippen LogP contribution in [0.15, 0.2) is 12.7 Å². The highest BCUT2D eigenvalue weighted by molar-refractivity contribution is 7.58. The molecule has 0 aliphatic rings. The summed E-state index contributed by atoms with van der Waals surface area (Å²) in [5, 5.41) is 2.40. The molecule has 14 heavy (non-hydrogen) atoms. The summed E-state index contributed by atoms with van der Waals surface area (Å²) in [6.07, 6.45) is 2.79. The number of amides is 1. The van der Waals surface area contributed by atoms with Gasteiger partial charge in [-0.1, -0.05) is 19.9 Å². The normalized spacial score (nSPS) is 19.1. The average molecular weight is 219 g/mol. The molecule has 0 rings (SSSR count). The molecule has 0 aliphatic carbocycles. The summed E-state index contributed by atoms with van der Waals surface area (Å²) in [4.78, 5) is 19.8. The summed E-state index contributed by atoms with van der Waals surface area (Å²) in [6, 6.07) is 0. The highest BCUT2D eigenvalue weighted by Gasteiger charge is 2.29. The van der Waals surface area contributed by atoms with Crippen LogP contribution in [0.25, 0.3) is 0 Å². The lowest BCUT2D eigenvalue weighted by Crippen LogP contribution is -2.30. The maximum Gasteiger partial charge on any atom is 0.221 e. The number of nitrogens with one attached hydrogen (secondary N) is 1. The van der Waals surface area contributed by atoms with Crippen molar-refractivity contribution >= 4 is 13.8 Å². The highest BCUT2D eigenvalue weighted by Crippen LogP contribution is 2.46.